The predicted molar refractivity (Wildman–Crippen MR) is 114 cm³/mol. The van der Waals surface area contributed by atoms with Crippen LogP contribution in [0.25, 0.3) is 11.1 Å². The summed E-state index contributed by atoms with van der Waals surface area (Å²) in [4.78, 5) is 0. The normalized spacial score (nSPS) is 22.7. The van der Waals surface area contributed by atoms with E-state index in [1.54, 1.807) is 0 Å². The molecule has 0 saturated heterocycles. The van der Waals surface area contributed by atoms with Crippen molar-refractivity contribution in [3.63, 3.8) is 0 Å². The molecule has 2 aromatic carbocycles. The summed E-state index contributed by atoms with van der Waals surface area (Å²) in [5.74, 6) is 0. The molecule has 0 heterocycles. The minimum absolute atomic E-state index is 0.0508. The number of fused-ring (bicyclic) bond motifs is 2. The fraction of sp³-hybridized carbons (Fsp3) is 0.261. The summed E-state index contributed by atoms with van der Waals surface area (Å²) in [6.45, 7) is 8.75. The summed E-state index contributed by atoms with van der Waals surface area (Å²) in [5.41, 5.74) is 10.3. The Labute approximate surface area is 164 Å². The van der Waals surface area contributed by atoms with Crippen molar-refractivity contribution in [1.29, 1.82) is 0 Å². The second-order valence-corrected chi connectivity index (χ2v) is 29.2. The maximum atomic E-state index is 7.58. The molecule has 0 bridgehead atoms. The Bertz CT molecular complexity index is 986. The molecule has 0 amide bonds. The van der Waals surface area contributed by atoms with Crippen LogP contribution >= 0.6 is 17.0 Å². The molecule has 4 rings (SSSR count). The molecule has 2 atom stereocenters. The van der Waals surface area contributed by atoms with Gasteiger partial charge in [-0.3, -0.25) is 0 Å². The van der Waals surface area contributed by atoms with Crippen molar-refractivity contribution in [3.05, 3.63) is 81.9 Å². The van der Waals surface area contributed by atoms with Crippen LogP contribution in [0.2, 0.25) is 0 Å². The van der Waals surface area contributed by atoms with Crippen LogP contribution in [0, 0.1) is 0 Å². The number of rotatable bonds is 2. The first kappa shape index (κ1) is 18.6. The quantitative estimate of drug-likeness (QED) is 0.433. The Morgan fingerprint density at radius 2 is 1.04 bits per heavy atom. The van der Waals surface area contributed by atoms with Crippen LogP contribution in [0.4, 0.5) is 0 Å². The molecule has 0 spiro atoms. The first-order chi connectivity index (χ1) is 12.1. The van der Waals surface area contributed by atoms with Crippen molar-refractivity contribution >= 4 is 32.4 Å². The average Bonchev–Trinajstić information content (AvgIpc) is 3.01. The maximum absolute atomic E-state index is 7.58. The molecule has 0 aliphatic heterocycles. The third-order valence-corrected chi connectivity index (χ3v) is 21.2. The summed E-state index contributed by atoms with van der Waals surface area (Å²) in [5, 5.41) is 0. The second kappa shape index (κ2) is 5.87. The zero-order valence-electron chi connectivity index (χ0n) is 15.7. The second-order valence-electron chi connectivity index (χ2n) is 8.01. The van der Waals surface area contributed by atoms with Crippen LogP contribution < -0.4 is 0 Å². The Hall–Kier alpha value is -0.747. The van der Waals surface area contributed by atoms with E-state index in [0.29, 0.717) is 0 Å². The van der Waals surface area contributed by atoms with Gasteiger partial charge in [-0.1, -0.05) is 0 Å². The Kier molecular flexibility index (Phi) is 4.20. The SMILES string of the molecule is [CH2]=[Zr]([Cl])([Cl])([CH]1C(C)=C(C)c2ccccc21)[CH]1C(C)=C(C)c2ccccc21. The zero-order valence-corrected chi connectivity index (χ0v) is 19.7. The van der Waals surface area contributed by atoms with Gasteiger partial charge in [0, 0.05) is 0 Å². The van der Waals surface area contributed by atoms with Gasteiger partial charge in [-0.15, -0.1) is 0 Å². The molecule has 2 unspecified atom stereocenters. The van der Waals surface area contributed by atoms with Crippen molar-refractivity contribution in [2.75, 3.05) is 0 Å². The van der Waals surface area contributed by atoms with E-state index in [4.69, 9.17) is 21.2 Å². The van der Waals surface area contributed by atoms with Gasteiger partial charge in [0.25, 0.3) is 0 Å². The molecule has 0 aromatic heterocycles. The molecule has 134 valence electrons. The van der Waals surface area contributed by atoms with E-state index in [-0.39, 0.29) is 7.25 Å². The number of halogens is 2. The minimum atomic E-state index is -4.58. The number of allylic oxidation sites excluding steroid dienone is 4. The molecule has 0 radical (unpaired) electrons. The number of hydrogen-bond acceptors (Lipinski definition) is 0. The molecule has 0 saturated carbocycles. The fourth-order valence-corrected chi connectivity index (χ4v) is 22.4. The van der Waals surface area contributed by atoms with E-state index >= 15 is 0 Å². The van der Waals surface area contributed by atoms with Gasteiger partial charge in [0.1, 0.15) is 0 Å². The molecular weight excluding hydrogens is 438 g/mol. The molecule has 0 fully saturated rings. The summed E-state index contributed by atoms with van der Waals surface area (Å²) >= 11 is -4.58. The first-order valence-electron chi connectivity index (χ1n) is 9.12. The number of benzene rings is 2. The predicted octanol–water partition coefficient (Wildman–Crippen LogP) is 7.51. The summed E-state index contributed by atoms with van der Waals surface area (Å²) in [7, 11) is 15.2. The van der Waals surface area contributed by atoms with Crippen LogP contribution in [0.1, 0.15) is 57.2 Å². The van der Waals surface area contributed by atoms with E-state index in [2.05, 4.69) is 76.2 Å². The van der Waals surface area contributed by atoms with Gasteiger partial charge in [0.05, 0.1) is 0 Å². The van der Waals surface area contributed by atoms with Crippen LogP contribution in [0.15, 0.2) is 59.7 Å². The van der Waals surface area contributed by atoms with Gasteiger partial charge < -0.3 is 0 Å². The summed E-state index contributed by atoms with van der Waals surface area (Å²) < 4.78 is 4.81. The molecule has 2 aliphatic rings. The van der Waals surface area contributed by atoms with E-state index in [0.717, 1.165) is 0 Å². The van der Waals surface area contributed by atoms with Crippen LogP contribution in [-0.2, 0) is 15.9 Å². The molecule has 2 aliphatic carbocycles. The van der Waals surface area contributed by atoms with Crippen molar-refractivity contribution in [3.8, 4) is 0 Å². The average molecular weight is 463 g/mol. The van der Waals surface area contributed by atoms with Crippen molar-refractivity contribution < 1.29 is 15.9 Å². The molecule has 2 aromatic rings. The van der Waals surface area contributed by atoms with Gasteiger partial charge in [-0.2, -0.15) is 0 Å². The van der Waals surface area contributed by atoms with E-state index in [1.807, 2.05) is 0 Å². The molecule has 26 heavy (non-hydrogen) atoms. The number of hydrogen-bond donors (Lipinski definition) is 0. The van der Waals surface area contributed by atoms with Gasteiger partial charge in [-0.05, 0) is 0 Å². The van der Waals surface area contributed by atoms with E-state index in [1.165, 1.54) is 44.5 Å². The third kappa shape index (κ3) is 2.40. The van der Waals surface area contributed by atoms with E-state index < -0.39 is 15.9 Å². The van der Waals surface area contributed by atoms with Gasteiger partial charge >= 0.3 is 165 Å². The molecular formula is C23H24Cl2Zr. The van der Waals surface area contributed by atoms with E-state index in [9.17, 15) is 0 Å². The monoisotopic (exact) mass is 460 g/mol. The van der Waals surface area contributed by atoms with Gasteiger partial charge in [0.15, 0.2) is 0 Å². The zero-order chi connectivity index (χ0) is 18.9. The van der Waals surface area contributed by atoms with Crippen molar-refractivity contribution in [2.24, 2.45) is 0 Å². The van der Waals surface area contributed by atoms with Crippen LogP contribution in [-0.4, -0.2) is 4.21 Å². The van der Waals surface area contributed by atoms with Gasteiger partial charge in [0.2, 0.25) is 0 Å². The first-order valence-corrected chi connectivity index (χ1v) is 20.0. The Morgan fingerprint density at radius 1 is 0.692 bits per heavy atom. The Morgan fingerprint density at radius 3 is 1.42 bits per heavy atom. The molecule has 3 heteroatoms. The Balaban J connectivity index is 1.99. The summed E-state index contributed by atoms with van der Waals surface area (Å²) in [6.07, 6.45) is 0. The summed E-state index contributed by atoms with van der Waals surface area (Å²) in [6, 6.07) is 17.1. The van der Waals surface area contributed by atoms with Crippen molar-refractivity contribution in [2.45, 2.75) is 34.9 Å². The van der Waals surface area contributed by atoms with Crippen LogP contribution in [0.5, 0.6) is 0 Å². The van der Waals surface area contributed by atoms with Crippen LogP contribution in [0.3, 0.4) is 0 Å². The van der Waals surface area contributed by atoms with Gasteiger partial charge in [-0.25, -0.2) is 0 Å². The molecule has 0 N–H and O–H groups in total. The van der Waals surface area contributed by atoms with Crippen molar-refractivity contribution in [1.82, 2.24) is 0 Å². The fourth-order valence-electron chi connectivity index (χ4n) is 5.19. The molecule has 0 nitrogen and oxygen atoms in total. The standard InChI is InChI=1S/2C11H11.CH2.2ClH.Zr/c2*1-8-7-10-5-3-4-6-11(10)9(8)2;;;;/h2*3-7H,1-2H3;1H2;2*1H;/q;;;;;+2/p-2. The topological polar surface area (TPSA) is 0 Å². The third-order valence-electron chi connectivity index (χ3n) is 6.58.